The van der Waals surface area contributed by atoms with Crippen molar-refractivity contribution in [1.82, 2.24) is 9.88 Å². The van der Waals surface area contributed by atoms with Crippen LogP contribution in [0.4, 0.5) is 18.3 Å². The molecular formula is C23H24F3N3O2S. The lowest BCUT2D eigenvalue weighted by Crippen LogP contribution is -2.43. The molecule has 0 atom stereocenters. The van der Waals surface area contributed by atoms with E-state index in [1.54, 1.807) is 4.90 Å². The second kappa shape index (κ2) is 9.17. The van der Waals surface area contributed by atoms with Gasteiger partial charge in [-0.3, -0.25) is 14.6 Å². The van der Waals surface area contributed by atoms with Gasteiger partial charge in [-0.15, -0.1) is 0 Å². The third-order valence-corrected chi connectivity index (χ3v) is 6.82. The number of anilines is 1. The SMILES string of the molecule is Cc1ccc(C)c2sc(N(CCN3CCOCC3)C(=O)c3ccc(C(F)(F)F)cc3)nc12. The van der Waals surface area contributed by atoms with Crippen molar-refractivity contribution in [3.05, 3.63) is 58.7 Å². The molecule has 1 aliphatic rings. The van der Waals surface area contributed by atoms with Crippen molar-refractivity contribution in [1.29, 1.82) is 0 Å². The van der Waals surface area contributed by atoms with Gasteiger partial charge < -0.3 is 4.74 Å². The number of carbonyl (C=O) groups is 1. The van der Waals surface area contributed by atoms with E-state index in [9.17, 15) is 18.0 Å². The minimum Gasteiger partial charge on any atom is -0.379 e. The van der Waals surface area contributed by atoms with Crippen molar-refractivity contribution >= 4 is 32.6 Å². The third-order valence-electron chi connectivity index (χ3n) is 5.61. The first-order chi connectivity index (χ1) is 15.2. The number of aromatic nitrogens is 1. The molecule has 9 heteroatoms. The molecule has 2 aromatic carbocycles. The molecule has 0 unspecified atom stereocenters. The summed E-state index contributed by atoms with van der Waals surface area (Å²) in [4.78, 5) is 21.9. The molecule has 0 spiro atoms. The highest BCUT2D eigenvalue weighted by atomic mass is 32.1. The maximum absolute atomic E-state index is 13.4. The van der Waals surface area contributed by atoms with Gasteiger partial charge in [0, 0.05) is 31.7 Å². The number of hydrogen-bond donors (Lipinski definition) is 0. The highest BCUT2D eigenvalue weighted by Gasteiger charge is 2.31. The number of carbonyl (C=O) groups excluding carboxylic acids is 1. The number of morpholine rings is 1. The molecule has 170 valence electrons. The quantitative estimate of drug-likeness (QED) is 0.539. The number of alkyl halides is 3. The Morgan fingerprint density at radius 3 is 2.38 bits per heavy atom. The number of rotatable bonds is 5. The van der Waals surface area contributed by atoms with E-state index < -0.39 is 11.7 Å². The first-order valence-electron chi connectivity index (χ1n) is 10.4. The normalized spacial score (nSPS) is 15.3. The Bertz CT molecular complexity index is 1070. The van der Waals surface area contributed by atoms with Crippen molar-refractivity contribution in [3.8, 4) is 0 Å². The Hall–Kier alpha value is -2.49. The Kier molecular flexibility index (Phi) is 6.50. The lowest BCUT2D eigenvalue weighted by atomic mass is 10.1. The highest BCUT2D eigenvalue weighted by molar-refractivity contribution is 7.22. The highest BCUT2D eigenvalue weighted by Crippen LogP contribution is 2.34. The molecule has 1 fully saturated rings. The average Bonchev–Trinajstić information content (AvgIpc) is 3.23. The number of aryl methyl sites for hydroxylation is 2. The van der Waals surface area contributed by atoms with E-state index in [1.807, 2.05) is 26.0 Å². The first kappa shape index (κ1) is 22.7. The molecule has 0 aliphatic carbocycles. The lowest BCUT2D eigenvalue weighted by molar-refractivity contribution is -0.137. The summed E-state index contributed by atoms with van der Waals surface area (Å²) in [7, 11) is 0. The number of thiazole rings is 1. The maximum atomic E-state index is 13.4. The van der Waals surface area contributed by atoms with Crippen LogP contribution in [0.3, 0.4) is 0 Å². The standard InChI is InChI=1S/C23H24F3N3O2S/c1-15-3-4-16(2)20-19(15)27-22(32-20)29(10-9-28-11-13-31-14-12-28)21(30)17-5-7-18(8-6-17)23(24,25)26/h3-8H,9-14H2,1-2H3. The summed E-state index contributed by atoms with van der Waals surface area (Å²) in [6.45, 7) is 7.83. The molecule has 3 aromatic rings. The van der Waals surface area contributed by atoms with Gasteiger partial charge in [0.05, 0.1) is 29.0 Å². The molecule has 5 nitrogen and oxygen atoms in total. The van der Waals surface area contributed by atoms with Gasteiger partial charge in [0.25, 0.3) is 5.91 Å². The number of amides is 1. The zero-order valence-corrected chi connectivity index (χ0v) is 18.7. The molecule has 0 N–H and O–H groups in total. The van der Waals surface area contributed by atoms with Crippen molar-refractivity contribution < 1.29 is 22.7 Å². The molecule has 0 radical (unpaired) electrons. The monoisotopic (exact) mass is 463 g/mol. The van der Waals surface area contributed by atoms with Crippen molar-refractivity contribution in [2.24, 2.45) is 0 Å². The van der Waals surface area contributed by atoms with Crippen LogP contribution in [0.5, 0.6) is 0 Å². The van der Waals surface area contributed by atoms with Gasteiger partial charge in [-0.05, 0) is 49.2 Å². The fourth-order valence-electron chi connectivity index (χ4n) is 3.67. The van der Waals surface area contributed by atoms with Crippen molar-refractivity contribution in [2.75, 3.05) is 44.3 Å². The smallest absolute Gasteiger partial charge is 0.379 e. The lowest BCUT2D eigenvalue weighted by Gasteiger charge is -2.29. The van der Waals surface area contributed by atoms with E-state index >= 15 is 0 Å². The van der Waals surface area contributed by atoms with Gasteiger partial charge in [-0.25, -0.2) is 4.98 Å². The van der Waals surface area contributed by atoms with Gasteiger partial charge in [-0.1, -0.05) is 23.5 Å². The molecule has 1 saturated heterocycles. The maximum Gasteiger partial charge on any atom is 0.416 e. The minimum atomic E-state index is -4.44. The van der Waals surface area contributed by atoms with Crippen LogP contribution < -0.4 is 4.90 Å². The van der Waals surface area contributed by atoms with E-state index in [4.69, 9.17) is 9.72 Å². The fourth-order valence-corrected chi connectivity index (χ4v) is 4.81. The van der Waals surface area contributed by atoms with Crippen LogP contribution in [0.25, 0.3) is 10.2 Å². The summed E-state index contributed by atoms with van der Waals surface area (Å²) < 4.78 is 45.2. The van der Waals surface area contributed by atoms with Crippen LogP contribution in [0, 0.1) is 13.8 Å². The zero-order chi connectivity index (χ0) is 22.9. The Morgan fingerprint density at radius 1 is 1.09 bits per heavy atom. The van der Waals surface area contributed by atoms with E-state index in [0.717, 1.165) is 46.6 Å². The fraction of sp³-hybridized carbons (Fsp3) is 0.391. The van der Waals surface area contributed by atoms with Crippen LogP contribution in [0.15, 0.2) is 36.4 Å². The molecule has 1 aliphatic heterocycles. The minimum absolute atomic E-state index is 0.202. The summed E-state index contributed by atoms with van der Waals surface area (Å²) in [6, 6.07) is 8.37. The largest absolute Gasteiger partial charge is 0.416 e. The number of fused-ring (bicyclic) bond motifs is 1. The molecule has 0 saturated carbocycles. The number of ether oxygens (including phenoxy) is 1. The molecule has 0 bridgehead atoms. The molecular weight excluding hydrogens is 439 g/mol. The summed E-state index contributed by atoms with van der Waals surface area (Å²) in [5, 5.41) is 0.551. The van der Waals surface area contributed by atoms with Crippen LogP contribution in [-0.4, -0.2) is 55.2 Å². The first-order valence-corrected chi connectivity index (χ1v) is 11.2. The van der Waals surface area contributed by atoms with Gasteiger partial charge in [0.1, 0.15) is 0 Å². The number of nitrogens with zero attached hydrogens (tertiary/aromatic N) is 3. The topological polar surface area (TPSA) is 45.7 Å². The number of hydrogen-bond acceptors (Lipinski definition) is 5. The van der Waals surface area contributed by atoms with Gasteiger partial charge in [0.2, 0.25) is 0 Å². The average molecular weight is 464 g/mol. The van der Waals surface area contributed by atoms with Gasteiger partial charge >= 0.3 is 6.18 Å². The summed E-state index contributed by atoms with van der Waals surface area (Å²) in [6.07, 6.45) is -4.44. The summed E-state index contributed by atoms with van der Waals surface area (Å²) >= 11 is 1.43. The zero-order valence-electron chi connectivity index (χ0n) is 17.9. The van der Waals surface area contributed by atoms with Crippen LogP contribution >= 0.6 is 11.3 Å². The number of benzene rings is 2. The second-order valence-corrected chi connectivity index (χ2v) is 8.84. The number of halogens is 3. The van der Waals surface area contributed by atoms with E-state index in [2.05, 4.69) is 4.90 Å². The van der Waals surface area contributed by atoms with Crippen LogP contribution in [0.1, 0.15) is 27.0 Å². The van der Waals surface area contributed by atoms with E-state index in [0.29, 0.717) is 31.4 Å². The second-order valence-electron chi connectivity index (χ2n) is 7.86. The third kappa shape index (κ3) is 4.79. The van der Waals surface area contributed by atoms with Gasteiger partial charge in [-0.2, -0.15) is 13.2 Å². The summed E-state index contributed by atoms with van der Waals surface area (Å²) in [5.74, 6) is -0.360. The van der Waals surface area contributed by atoms with E-state index in [1.165, 1.54) is 23.5 Å². The van der Waals surface area contributed by atoms with E-state index in [-0.39, 0.29) is 11.5 Å². The molecule has 1 amide bonds. The summed E-state index contributed by atoms with van der Waals surface area (Å²) in [5.41, 5.74) is 2.36. The predicted molar refractivity (Wildman–Crippen MR) is 119 cm³/mol. The van der Waals surface area contributed by atoms with Crippen LogP contribution in [-0.2, 0) is 10.9 Å². The molecule has 2 heterocycles. The van der Waals surface area contributed by atoms with Gasteiger partial charge in [0.15, 0.2) is 5.13 Å². The van der Waals surface area contributed by atoms with Crippen molar-refractivity contribution in [3.63, 3.8) is 0 Å². The van der Waals surface area contributed by atoms with Crippen LogP contribution in [0.2, 0.25) is 0 Å². The molecule has 32 heavy (non-hydrogen) atoms. The Balaban J connectivity index is 1.66. The van der Waals surface area contributed by atoms with Crippen molar-refractivity contribution in [2.45, 2.75) is 20.0 Å². The predicted octanol–water partition coefficient (Wildman–Crippen LogP) is 4.91. The Labute approximate surface area is 188 Å². The Morgan fingerprint density at radius 2 is 1.75 bits per heavy atom. The molecule has 1 aromatic heterocycles. The molecule has 4 rings (SSSR count).